The molecule has 20 heavy (non-hydrogen) atoms. The van der Waals surface area contributed by atoms with Gasteiger partial charge >= 0.3 is 0 Å². The molecule has 0 unspecified atom stereocenters. The summed E-state index contributed by atoms with van der Waals surface area (Å²) in [6.07, 6.45) is 4.77. The van der Waals surface area contributed by atoms with Crippen LogP contribution in [-0.4, -0.2) is 23.1 Å². The predicted molar refractivity (Wildman–Crippen MR) is 74.3 cm³/mol. The summed E-state index contributed by atoms with van der Waals surface area (Å²) in [7, 11) is -3.59. The van der Waals surface area contributed by atoms with E-state index in [9.17, 15) is 13.5 Å². The highest BCUT2D eigenvalue weighted by Crippen LogP contribution is 2.15. The van der Waals surface area contributed by atoms with Gasteiger partial charge in [0.05, 0.1) is 11.5 Å². The minimum Gasteiger partial charge on any atom is -0.390 e. The maximum absolute atomic E-state index is 12.2. The summed E-state index contributed by atoms with van der Waals surface area (Å²) in [6.45, 7) is 2.49. The number of sulfonamides is 1. The Labute approximate surface area is 118 Å². The number of aliphatic hydroxyl groups is 1. The maximum atomic E-state index is 12.2. The zero-order valence-electron chi connectivity index (χ0n) is 11.2. The molecule has 0 amide bonds. The van der Waals surface area contributed by atoms with Crippen LogP contribution >= 0.6 is 0 Å². The van der Waals surface area contributed by atoms with Crippen molar-refractivity contribution in [3.05, 3.63) is 48.0 Å². The summed E-state index contributed by atoms with van der Waals surface area (Å²) >= 11 is 0. The third-order valence-electron chi connectivity index (χ3n) is 2.96. The van der Waals surface area contributed by atoms with E-state index in [1.165, 1.54) is 12.3 Å². The van der Waals surface area contributed by atoms with Gasteiger partial charge in [0.2, 0.25) is 10.0 Å². The summed E-state index contributed by atoms with van der Waals surface area (Å²) in [4.78, 5) is 4.09. The number of aliphatic hydroxyl groups excluding tert-OH is 1. The molecule has 6 nitrogen and oxygen atoms in total. The Hall–Kier alpha value is -1.70. The van der Waals surface area contributed by atoms with Gasteiger partial charge in [0.15, 0.2) is 0 Å². The number of nitrogens with one attached hydrogen (secondary N) is 1. The molecular formula is C13H17N3O3S. The molecule has 0 radical (unpaired) electrons. The first kappa shape index (κ1) is 14.7. The van der Waals surface area contributed by atoms with Crippen molar-refractivity contribution in [2.24, 2.45) is 0 Å². The molecule has 7 heteroatoms. The van der Waals surface area contributed by atoms with Gasteiger partial charge in [-0.25, -0.2) is 13.1 Å². The Balaban J connectivity index is 2.16. The molecule has 0 saturated carbocycles. The lowest BCUT2D eigenvalue weighted by atomic mass is 10.3. The number of aryl methyl sites for hydroxylation is 1. The van der Waals surface area contributed by atoms with Crippen LogP contribution in [0.1, 0.15) is 18.2 Å². The number of nitrogens with zero attached hydrogens (tertiary/aromatic N) is 2. The van der Waals surface area contributed by atoms with E-state index >= 15 is 0 Å². The van der Waals surface area contributed by atoms with Gasteiger partial charge in [-0.1, -0.05) is 6.07 Å². The van der Waals surface area contributed by atoms with Gasteiger partial charge in [-0.3, -0.25) is 4.98 Å². The highest BCUT2D eigenvalue weighted by atomic mass is 32.2. The lowest BCUT2D eigenvalue weighted by Crippen LogP contribution is -2.22. The first-order valence-electron chi connectivity index (χ1n) is 6.25. The predicted octanol–water partition coefficient (Wildman–Crippen LogP) is 0.874. The van der Waals surface area contributed by atoms with Crippen LogP contribution in [0.5, 0.6) is 0 Å². The van der Waals surface area contributed by atoms with Gasteiger partial charge in [-0.15, -0.1) is 0 Å². The van der Waals surface area contributed by atoms with E-state index in [0.717, 1.165) is 5.56 Å². The van der Waals surface area contributed by atoms with Crippen LogP contribution in [0.15, 0.2) is 41.7 Å². The second kappa shape index (κ2) is 6.17. The number of hydrogen-bond acceptors (Lipinski definition) is 4. The molecule has 0 bridgehead atoms. The van der Waals surface area contributed by atoms with Crippen molar-refractivity contribution in [1.82, 2.24) is 14.3 Å². The lowest BCUT2D eigenvalue weighted by Gasteiger charge is -2.04. The fraction of sp³-hybridized carbons (Fsp3) is 0.308. The van der Waals surface area contributed by atoms with E-state index in [2.05, 4.69) is 9.71 Å². The van der Waals surface area contributed by atoms with Gasteiger partial charge in [-0.2, -0.15) is 0 Å². The van der Waals surface area contributed by atoms with E-state index in [4.69, 9.17) is 0 Å². The molecule has 0 aliphatic heterocycles. The standard InChI is InChI=1S/C13H17N3O3S/c1-2-16-9-13(6-12(16)10-17)20(18,19)15-8-11-4-3-5-14-7-11/h3-7,9,15,17H,2,8,10H2,1H3. The molecule has 2 heterocycles. The first-order chi connectivity index (χ1) is 9.56. The molecule has 2 aromatic rings. The largest absolute Gasteiger partial charge is 0.390 e. The molecular weight excluding hydrogens is 278 g/mol. The Morgan fingerprint density at radius 1 is 1.45 bits per heavy atom. The van der Waals surface area contributed by atoms with Crippen LogP contribution in [0.4, 0.5) is 0 Å². The third kappa shape index (κ3) is 3.24. The van der Waals surface area contributed by atoms with E-state index in [1.807, 2.05) is 6.92 Å². The topological polar surface area (TPSA) is 84.2 Å². The highest BCUT2D eigenvalue weighted by Gasteiger charge is 2.17. The Bertz CT molecular complexity index is 644. The van der Waals surface area contributed by atoms with Crippen LogP contribution < -0.4 is 4.72 Å². The van der Waals surface area contributed by atoms with Crippen LogP contribution in [0.2, 0.25) is 0 Å². The van der Waals surface area contributed by atoms with E-state index in [0.29, 0.717) is 12.2 Å². The summed E-state index contributed by atoms with van der Waals surface area (Å²) < 4.78 is 28.6. The molecule has 108 valence electrons. The van der Waals surface area contributed by atoms with Crippen molar-refractivity contribution in [2.75, 3.05) is 0 Å². The number of rotatable bonds is 6. The van der Waals surface area contributed by atoms with Gasteiger partial charge < -0.3 is 9.67 Å². The first-order valence-corrected chi connectivity index (χ1v) is 7.73. The lowest BCUT2D eigenvalue weighted by molar-refractivity contribution is 0.271. The molecule has 0 aliphatic rings. The SMILES string of the molecule is CCn1cc(S(=O)(=O)NCc2cccnc2)cc1CO. The Morgan fingerprint density at radius 3 is 2.80 bits per heavy atom. The molecule has 2 aromatic heterocycles. The zero-order chi connectivity index (χ0) is 14.6. The summed E-state index contributed by atoms with van der Waals surface area (Å²) in [5.41, 5.74) is 1.36. The number of aromatic nitrogens is 2. The van der Waals surface area contributed by atoms with Crippen LogP contribution in [-0.2, 0) is 29.7 Å². The van der Waals surface area contributed by atoms with Crippen molar-refractivity contribution in [3.8, 4) is 0 Å². The second-order valence-corrected chi connectivity index (χ2v) is 6.06. The van der Waals surface area contributed by atoms with Crippen molar-refractivity contribution in [2.45, 2.75) is 31.5 Å². The fourth-order valence-electron chi connectivity index (χ4n) is 1.86. The molecule has 0 spiro atoms. The summed E-state index contributed by atoms with van der Waals surface area (Å²) in [5, 5.41) is 9.19. The van der Waals surface area contributed by atoms with E-state index in [1.54, 1.807) is 29.1 Å². The molecule has 0 atom stereocenters. The highest BCUT2D eigenvalue weighted by molar-refractivity contribution is 7.89. The zero-order valence-corrected chi connectivity index (χ0v) is 12.0. The maximum Gasteiger partial charge on any atom is 0.242 e. The van der Waals surface area contributed by atoms with Crippen molar-refractivity contribution in [3.63, 3.8) is 0 Å². The monoisotopic (exact) mass is 295 g/mol. The van der Waals surface area contributed by atoms with E-state index < -0.39 is 10.0 Å². The molecule has 0 aromatic carbocycles. The molecule has 0 fully saturated rings. The average molecular weight is 295 g/mol. The minimum absolute atomic E-state index is 0.160. The fourth-order valence-corrected chi connectivity index (χ4v) is 2.94. The summed E-state index contributed by atoms with van der Waals surface area (Å²) in [6, 6.07) is 5.03. The summed E-state index contributed by atoms with van der Waals surface area (Å²) in [5.74, 6) is 0. The minimum atomic E-state index is -3.59. The van der Waals surface area contributed by atoms with Crippen molar-refractivity contribution in [1.29, 1.82) is 0 Å². The molecule has 0 saturated heterocycles. The number of pyridine rings is 1. The Kier molecular flexibility index (Phi) is 4.53. The van der Waals surface area contributed by atoms with Crippen LogP contribution in [0.3, 0.4) is 0 Å². The van der Waals surface area contributed by atoms with Gasteiger partial charge in [0.25, 0.3) is 0 Å². The molecule has 2 N–H and O–H groups in total. The number of hydrogen-bond donors (Lipinski definition) is 2. The quantitative estimate of drug-likeness (QED) is 0.828. The van der Waals surface area contributed by atoms with Gasteiger partial charge in [0.1, 0.15) is 0 Å². The third-order valence-corrected chi connectivity index (χ3v) is 4.33. The smallest absolute Gasteiger partial charge is 0.242 e. The van der Waals surface area contributed by atoms with E-state index in [-0.39, 0.29) is 18.0 Å². The van der Waals surface area contributed by atoms with Gasteiger partial charge in [-0.05, 0) is 24.6 Å². The molecule has 0 aliphatic carbocycles. The molecule has 2 rings (SSSR count). The van der Waals surface area contributed by atoms with Crippen LogP contribution in [0.25, 0.3) is 0 Å². The van der Waals surface area contributed by atoms with Crippen molar-refractivity contribution < 1.29 is 13.5 Å². The second-order valence-electron chi connectivity index (χ2n) is 4.30. The Morgan fingerprint density at radius 2 is 2.25 bits per heavy atom. The normalized spacial score (nSPS) is 11.7. The van der Waals surface area contributed by atoms with Gasteiger partial charge in [0, 0.05) is 37.4 Å². The average Bonchev–Trinajstić information content (AvgIpc) is 2.90. The van der Waals surface area contributed by atoms with Crippen LogP contribution in [0, 0.1) is 0 Å². The van der Waals surface area contributed by atoms with Crippen molar-refractivity contribution >= 4 is 10.0 Å².